The number of hydrogen-bond donors (Lipinski definition) is 1. The maximum absolute atomic E-state index is 13.0. The van der Waals surface area contributed by atoms with Crippen LogP contribution in [0.5, 0.6) is 11.8 Å². The lowest BCUT2D eigenvalue weighted by Gasteiger charge is -2.17. The third-order valence-corrected chi connectivity index (χ3v) is 3.80. The number of halogens is 5. The topological polar surface area (TPSA) is 82.0 Å². The first-order chi connectivity index (χ1) is 14.3. The van der Waals surface area contributed by atoms with Crippen molar-refractivity contribution in [1.29, 1.82) is 0 Å². The fraction of sp³-hybridized carbons (Fsp3) is 0.278. The van der Waals surface area contributed by atoms with Gasteiger partial charge in [-0.1, -0.05) is 0 Å². The highest BCUT2D eigenvalue weighted by molar-refractivity contribution is 5.57. The molecular weight excluding hydrogens is 415 g/mol. The third-order valence-electron chi connectivity index (χ3n) is 3.80. The van der Waals surface area contributed by atoms with E-state index in [0.29, 0.717) is 5.56 Å². The third kappa shape index (κ3) is 5.13. The van der Waals surface area contributed by atoms with E-state index in [2.05, 4.69) is 19.9 Å². The monoisotopic (exact) mass is 430 g/mol. The smallest absolute Gasteiger partial charge is 0.422 e. The van der Waals surface area contributed by atoms with E-state index in [4.69, 9.17) is 4.74 Å². The lowest BCUT2D eigenvalue weighted by Crippen LogP contribution is -2.28. The quantitative estimate of drug-likeness (QED) is 0.555. The van der Waals surface area contributed by atoms with E-state index in [1.54, 1.807) is 0 Å². The summed E-state index contributed by atoms with van der Waals surface area (Å²) in [7, 11) is 0. The van der Waals surface area contributed by atoms with Crippen LogP contribution in [0.4, 0.5) is 22.0 Å². The number of nitrogens with one attached hydrogen (secondary N) is 1. The molecule has 0 atom stereocenters. The standard InChI is InChI=1S/C18H15F5N4O3/c19-6-14(7-20)30-17-26-15(11-8-24-25-9-11)5-16(28)27(17)12-1-3-13(4-2-12)29-10-18(21,22)23/h1-5,8-9,14H,6-7,10H2,(H,24,25). The van der Waals surface area contributed by atoms with Crippen molar-refractivity contribution in [1.82, 2.24) is 19.7 Å². The van der Waals surface area contributed by atoms with E-state index < -0.39 is 37.8 Å². The zero-order valence-electron chi connectivity index (χ0n) is 15.2. The van der Waals surface area contributed by atoms with Crippen LogP contribution in [0.25, 0.3) is 16.9 Å². The fourth-order valence-corrected chi connectivity index (χ4v) is 2.43. The Balaban J connectivity index is 1.99. The van der Waals surface area contributed by atoms with Crippen molar-refractivity contribution in [3.8, 4) is 28.7 Å². The van der Waals surface area contributed by atoms with Crippen molar-refractivity contribution in [2.75, 3.05) is 20.0 Å². The van der Waals surface area contributed by atoms with Crippen LogP contribution in [-0.2, 0) is 0 Å². The molecule has 0 spiro atoms. The van der Waals surface area contributed by atoms with Gasteiger partial charge < -0.3 is 9.47 Å². The van der Waals surface area contributed by atoms with Crippen molar-refractivity contribution < 1.29 is 31.4 Å². The Labute approximate surface area is 166 Å². The first-order valence-corrected chi connectivity index (χ1v) is 8.52. The highest BCUT2D eigenvalue weighted by Crippen LogP contribution is 2.23. The van der Waals surface area contributed by atoms with Gasteiger partial charge in [-0.05, 0) is 24.3 Å². The first kappa shape index (κ1) is 21.3. The van der Waals surface area contributed by atoms with Crippen LogP contribution in [0.15, 0.2) is 47.5 Å². The second kappa shape index (κ2) is 8.93. The average molecular weight is 430 g/mol. The van der Waals surface area contributed by atoms with E-state index in [0.717, 1.165) is 10.6 Å². The lowest BCUT2D eigenvalue weighted by atomic mass is 10.2. The molecule has 30 heavy (non-hydrogen) atoms. The number of nitrogens with zero attached hydrogens (tertiary/aromatic N) is 3. The van der Waals surface area contributed by atoms with Crippen molar-refractivity contribution >= 4 is 0 Å². The van der Waals surface area contributed by atoms with E-state index >= 15 is 0 Å². The Morgan fingerprint density at radius 1 is 1.13 bits per heavy atom. The Morgan fingerprint density at radius 3 is 2.40 bits per heavy atom. The highest BCUT2D eigenvalue weighted by atomic mass is 19.4. The Morgan fingerprint density at radius 2 is 1.83 bits per heavy atom. The molecule has 0 fully saturated rings. The molecule has 0 saturated carbocycles. The number of alkyl halides is 5. The lowest BCUT2D eigenvalue weighted by molar-refractivity contribution is -0.153. The van der Waals surface area contributed by atoms with Gasteiger partial charge in [-0.3, -0.25) is 9.89 Å². The summed E-state index contributed by atoms with van der Waals surface area (Å²) in [5.41, 5.74) is 0.104. The molecule has 0 unspecified atom stereocenters. The SMILES string of the molecule is O=c1cc(-c2cn[nH]c2)nc(OC(CF)CF)n1-c1ccc(OCC(F)(F)F)cc1. The van der Waals surface area contributed by atoms with Gasteiger partial charge in [-0.2, -0.15) is 23.3 Å². The molecule has 3 aromatic rings. The minimum Gasteiger partial charge on any atom is -0.484 e. The van der Waals surface area contributed by atoms with Crippen LogP contribution < -0.4 is 15.0 Å². The largest absolute Gasteiger partial charge is 0.484 e. The molecule has 0 aliphatic carbocycles. The van der Waals surface area contributed by atoms with Gasteiger partial charge in [0.1, 0.15) is 19.1 Å². The Hall–Kier alpha value is -3.44. The van der Waals surface area contributed by atoms with Gasteiger partial charge in [0.05, 0.1) is 17.6 Å². The first-order valence-electron chi connectivity index (χ1n) is 8.52. The summed E-state index contributed by atoms with van der Waals surface area (Å²) < 4.78 is 73.6. The van der Waals surface area contributed by atoms with Gasteiger partial charge in [-0.25, -0.2) is 13.3 Å². The second-order valence-corrected chi connectivity index (χ2v) is 6.03. The zero-order chi connectivity index (χ0) is 21.7. The van der Waals surface area contributed by atoms with Gasteiger partial charge >= 0.3 is 12.2 Å². The van der Waals surface area contributed by atoms with E-state index in [-0.39, 0.29) is 23.1 Å². The van der Waals surface area contributed by atoms with Crippen LogP contribution >= 0.6 is 0 Å². The molecule has 3 rings (SSSR count). The van der Waals surface area contributed by atoms with Crippen molar-refractivity contribution in [2.45, 2.75) is 12.3 Å². The van der Waals surface area contributed by atoms with Gasteiger partial charge in [-0.15, -0.1) is 0 Å². The predicted octanol–water partition coefficient (Wildman–Crippen LogP) is 3.25. The van der Waals surface area contributed by atoms with Crippen LogP contribution in [-0.4, -0.2) is 52.0 Å². The molecule has 7 nitrogen and oxygen atoms in total. The number of H-pyrrole nitrogens is 1. The molecule has 0 bridgehead atoms. The second-order valence-electron chi connectivity index (χ2n) is 6.03. The van der Waals surface area contributed by atoms with E-state index in [1.165, 1.54) is 36.7 Å². The summed E-state index contributed by atoms with van der Waals surface area (Å²) in [5.74, 6) is -0.0834. The minimum atomic E-state index is -4.50. The Bertz CT molecular complexity index is 1020. The molecule has 160 valence electrons. The summed E-state index contributed by atoms with van der Waals surface area (Å²) in [6.45, 7) is -3.80. The fourth-order valence-electron chi connectivity index (χ4n) is 2.43. The average Bonchev–Trinajstić information content (AvgIpc) is 3.25. The maximum atomic E-state index is 13.0. The van der Waals surface area contributed by atoms with Gasteiger partial charge in [0, 0.05) is 17.8 Å². The molecule has 0 saturated heterocycles. The number of aromatic amines is 1. The van der Waals surface area contributed by atoms with Crippen LogP contribution in [0.2, 0.25) is 0 Å². The minimum absolute atomic E-state index is 0.0834. The predicted molar refractivity (Wildman–Crippen MR) is 95.3 cm³/mol. The number of benzene rings is 1. The summed E-state index contributed by atoms with van der Waals surface area (Å²) >= 11 is 0. The van der Waals surface area contributed by atoms with E-state index in [1.807, 2.05) is 0 Å². The molecule has 1 aromatic carbocycles. The summed E-state index contributed by atoms with van der Waals surface area (Å²) in [4.78, 5) is 16.8. The normalized spacial score (nSPS) is 11.7. The summed E-state index contributed by atoms with van der Waals surface area (Å²) in [5, 5.41) is 6.30. The number of rotatable bonds is 8. The van der Waals surface area contributed by atoms with Crippen LogP contribution in [0, 0.1) is 0 Å². The molecule has 0 aliphatic rings. The Kier molecular flexibility index (Phi) is 6.33. The maximum Gasteiger partial charge on any atom is 0.422 e. The van der Waals surface area contributed by atoms with Crippen LogP contribution in [0.1, 0.15) is 0 Å². The molecule has 2 aromatic heterocycles. The molecule has 12 heteroatoms. The summed E-state index contributed by atoms with van der Waals surface area (Å²) in [6.07, 6.45) is -3.14. The molecule has 0 radical (unpaired) electrons. The number of aromatic nitrogens is 4. The molecular formula is C18H15F5N4O3. The molecule has 2 heterocycles. The summed E-state index contributed by atoms with van der Waals surface area (Å²) in [6, 6.07) is 5.78. The van der Waals surface area contributed by atoms with Gasteiger partial charge in [0.15, 0.2) is 12.7 Å². The zero-order valence-corrected chi connectivity index (χ0v) is 15.2. The van der Waals surface area contributed by atoms with Crippen molar-refractivity contribution in [3.63, 3.8) is 0 Å². The van der Waals surface area contributed by atoms with Crippen molar-refractivity contribution in [3.05, 3.63) is 53.1 Å². The van der Waals surface area contributed by atoms with Crippen molar-refractivity contribution in [2.24, 2.45) is 0 Å². The van der Waals surface area contributed by atoms with Crippen LogP contribution in [0.3, 0.4) is 0 Å². The molecule has 0 aliphatic heterocycles. The van der Waals surface area contributed by atoms with E-state index in [9.17, 15) is 26.7 Å². The molecule has 0 amide bonds. The van der Waals surface area contributed by atoms with Gasteiger partial charge in [0.2, 0.25) is 0 Å². The van der Waals surface area contributed by atoms with Gasteiger partial charge in [0.25, 0.3) is 5.56 Å². The highest BCUT2D eigenvalue weighted by Gasteiger charge is 2.28. The number of hydrogen-bond acceptors (Lipinski definition) is 5. The molecule has 1 N–H and O–H groups in total. The number of ether oxygens (including phenoxy) is 2.